The summed E-state index contributed by atoms with van der Waals surface area (Å²) in [4.78, 5) is 12.5. The summed E-state index contributed by atoms with van der Waals surface area (Å²) >= 11 is 1.32. The monoisotopic (exact) mass is 477 g/mol. The summed E-state index contributed by atoms with van der Waals surface area (Å²) in [6.07, 6.45) is 1.67. The van der Waals surface area contributed by atoms with Gasteiger partial charge in [0, 0.05) is 16.8 Å². The van der Waals surface area contributed by atoms with Gasteiger partial charge in [0.15, 0.2) is 11.0 Å². The lowest BCUT2D eigenvalue weighted by Gasteiger charge is -2.10. The first-order chi connectivity index (χ1) is 17.2. The van der Waals surface area contributed by atoms with E-state index in [0.29, 0.717) is 5.16 Å². The Hall–Kier alpha value is -4.23. The molecule has 0 unspecified atom stereocenters. The summed E-state index contributed by atoms with van der Waals surface area (Å²) in [7, 11) is 0. The molecule has 0 aliphatic rings. The Morgan fingerprint density at radius 1 is 0.914 bits per heavy atom. The number of fused-ring (bicyclic) bond motifs is 1. The Morgan fingerprint density at radius 2 is 1.66 bits per heavy atom. The molecule has 0 spiro atoms. The number of thioether (sulfide) groups is 1. The molecule has 1 N–H and O–H groups in total. The largest absolute Gasteiger partial charge is 0.272 e. The molecular weight excluding hydrogens is 454 g/mol. The van der Waals surface area contributed by atoms with Crippen LogP contribution in [-0.4, -0.2) is 32.6 Å². The summed E-state index contributed by atoms with van der Waals surface area (Å²) in [6, 6.07) is 32.1. The van der Waals surface area contributed by atoms with Crippen LogP contribution in [0.15, 0.2) is 107 Å². The van der Waals surface area contributed by atoms with Crippen molar-refractivity contribution in [1.82, 2.24) is 20.2 Å². The third-order valence-corrected chi connectivity index (χ3v) is 6.44. The highest BCUT2D eigenvalue weighted by Gasteiger charge is 2.17. The Labute approximate surface area is 207 Å². The maximum absolute atomic E-state index is 12.5. The van der Waals surface area contributed by atoms with Crippen molar-refractivity contribution in [2.24, 2.45) is 5.10 Å². The average Bonchev–Trinajstić information content (AvgIpc) is 3.32. The first-order valence-electron chi connectivity index (χ1n) is 11.2. The quantitative estimate of drug-likeness (QED) is 0.187. The van der Waals surface area contributed by atoms with E-state index in [1.165, 1.54) is 17.3 Å². The predicted octanol–water partition coefficient (Wildman–Crippen LogP) is 5.64. The molecule has 0 saturated heterocycles. The minimum absolute atomic E-state index is 0.158. The van der Waals surface area contributed by atoms with Crippen molar-refractivity contribution in [1.29, 1.82) is 0 Å². The second kappa shape index (κ2) is 10.4. The van der Waals surface area contributed by atoms with Crippen LogP contribution in [0.25, 0.3) is 27.8 Å². The number of para-hydroxylation sites is 1. The number of nitrogens with one attached hydrogen (secondary N) is 1. The van der Waals surface area contributed by atoms with Crippen LogP contribution in [0.2, 0.25) is 0 Å². The lowest BCUT2D eigenvalue weighted by Crippen LogP contribution is -2.20. The Balaban J connectivity index is 1.31. The fourth-order valence-corrected chi connectivity index (χ4v) is 4.51. The summed E-state index contributed by atoms with van der Waals surface area (Å²) in [5, 5.41) is 15.8. The first kappa shape index (κ1) is 22.6. The van der Waals surface area contributed by atoms with E-state index >= 15 is 0 Å². The number of hydrogen-bond acceptors (Lipinski definition) is 5. The maximum Gasteiger partial charge on any atom is 0.250 e. The molecule has 0 radical (unpaired) electrons. The number of hydrazone groups is 1. The molecule has 5 aromatic rings. The van der Waals surface area contributed by atoms with E-state index in [4.69, 9.17) is 0 Å². The molecule has 0 bridgehead atoms. The number of benzene rings is 4. The second-order valence-corrected chi connectivity index (χ2v) is 8.94. The predicted molar refractivity (Wildman–Crippen MR) is 142 cm³/mol. The van der Waals surface area contributed by atoms with Crippen molar-refractivity contribution in [3.63, 3.8) is 0 Å². The van der Waals surface area contributed by atoms with Crippen LogP contribution in [0.3, 0.4) is 0 Å². The highest BCUT2D eigenvalue weighted by molar-refractivity contribution is 7.99. The number of hydrogen-bond donors (Lipinski definition) is 1. The molecule has 5 rings (SSSR count). The van der Waals surface area contributed by atoms with Crippen molar-refractivity contribution in [3.8, 4) is 17.1 Å². The molecule has 35 heavy (non-hydrogen) atoms. The number of carbonyl (C=O) groups excluding carboxylic acids is 1. The number of nitrogens with zero attached hydrogens (tertiary/aromatic N) is 4. The molecule has 1 aromatic heterocycles. The minimum Gasteiger partial charge on any atom is -0.272 e. The lowest BCUT2D eigenvalue weighted by molar-refractivity contribution is -0.118. The van der Waals surface area contributed by atoms with E-state index in [9.17, 15) is 4.79 Å². The van der Waals surface area contributed by atoms with Gasteiger partial charge in [0.2, 0.25) is 0 Å². The molecule has 7 heteroatoms. The van der Waals surface area contributed by atoms with Gasteiger partial charge in [-0.25, -0.2) is 5.43 Å². The Kier molecular flexibility index (Phi) is 6.68. The van der Waals surface area contributed by atoms with Crippen molar-refractivity contribution >= 4 is 34.7 Å². The highest BCUT2D eigenvalue weighted by atomic mass is 32.2. The molecule has 0 saturated carbocycles. The minimum atomic E-state index is -0.217. The third-order valence-electron chi connectivity index (χ3n) is 5.51. The van der Waals surface area contributed by atoms with Crippen LogP contribution in [0.4, 0.5) is 0 Å². The van der Waals surface area contributed by atoms with Crippen LogP contribution in [-0.2, 0) is 4.79 Å². The van der Waals surface area contributed by atoms with Crippen molar-refractivity contribution in [2.45, 2.75) is 12.1 Å². The summed E-state index contributed by atoms with van der Waals surface area (Å²) in [5.41, 5.74) is 6.64. The third kappa shape index (κ3) is 5.15. The van der Waals surface area contributed by atoms with Crippen molar-refractivity contribution < 1.29 is 4.79 Å². The second-order valence-electron chi connectivity index (χ2n) is 7.99. The molecule has 0 fully saturated rings. The Morgan fingerprint density at radius 3 is 2.49 bits per heavy atom. The molecule has 1 heterocycles. The molecule has 6 nitrogen and oxygen atoms in total. The van der Waals surface area contributed by atoms with Gasteiger partial charge in [-0.05, 0) is 29.8 Å². The van der Waals surface area contributed by atoms with Gasteiger partial charge < -0.3 is 0 Å². The fraction of sp³-hybridized carbons (Fsp3) is 0.0714. The van der Waals surface area contributed by atoms with E-state index in [2.05, 4.69) is 32.9 Å². The van der Waals surface area contributed by atoms with Gasteiger partial charge in [-0.2, -0.15) is 5.10 Å². The molecule has 0 aliphatic heterocycles. The van der Waals surface area contributed by atoms with Crippen LogP contribution < -0.4 is 5.43 Å². The zero-order valence-electron chi connectivity index (χ0n) is 19.1. The zero-order chi connectivity index (χ0) is 24.0. The van der Waals surface area contributed by atoms with Gasteiger partial charge in [0.25, 0.3) is 5.91 Å². The SMILES string of the molecule is Cc1ccc(-c2nnc(SCC(=O)N/N=C/c3cccc4ccccc34)n2-c2ccccc2)cc1. The standard InChI is InChI=1S/C28H23N5OS/c1-20-14-16-22(17-15-20)27-31-32-28(33(27)24-11-3-2-4-12-24)35-19-26(34)30-29-18-23-10-7-9-21-8-5-6-13-25(21)23/h2-18H,19H2,1H3,(H,30,34)/b29-18+. The van der Waals surface area contributed by atoms with Crippen LogP contribution in [0.5, 0.6) is 0 Å². The van der Waals surface area contributed by atoms with Gasteiger partial charge in [-0.15, -0.1) is 10.2 Å². The van der Waals surface area contributed by atoms with Gasteiger partial charge in [0.1, 0.15) is 0 Å². The van der Waals surface area contributed by atoms with Crippen molar-refractivity contribution in [2.75, 3.05) is 5.75 Å². The maximum atomic E-state index is 12.5. The first-order valence-corrected chi connectivity index (χ1v) is 12.2. The average molecular weight is 478 g/mol. The fourth-order valence-electron chi connectivity index (χ4n) is 3.76. The van der Waals surface area contributed by atoms with Gasteiger partial charge in [-0.1, -0.05) is 102 Å². The van der Waals surface area contributed by atoms with Gasteiger partial charge >= 0.3 is 0 Å². The van der Waals surface area contributed by atoms with Crippen LogP contribution in [0.1, 0.15) is 11.1 Å². The molecular formula is C28H23N5OS. The number of aryl methyl sites for hydroxylation is 1. The summed E-state index contributed by atoms with van der Waals surface area (Å²) < 4.78 is 1.97. The van der Waals surface area contributed by atoms with Crippen LogP contribution >= 0.6 is 11.8 Å². The number of rotatable bonds is 7. The van der Waals surface area contributed by atoms with Gasteiger partial charge in [-0.3, -0.25) is 9.36 Å². The van der Waals surface area contributed by atoms with Crippen LogP contribution in [0, 0.1) is 6.92 Å². The molecule has 0 atom stereocenters. The zero-order valence-corrected chi connectivity index (χ0v) is 19.9. The number of amides is 1. The normalized spacial score (nSPS) is 11.2. The van der Waals surface area contributed by atoms with E-state index < -0.39 is 0 Å². The highest BCUT2D eigenvalue weighted by Crippen LogP contribution is 2.28. The van der Waals surface area contributed by atoms with E-state index in [-0.39, 0.29) is 11.7 Å². The topological polar surface area (TPSA) is 72.2 Å². The smallest absolute Gasteiger partial charge is 0.250 e. The summed E-state index contributed by atoms with van der Waals surface area (Å²) in [5.74, 6) is 0.672. The van der Waals surface area contributed by atoms with E-state index in [1.807, 2.05) is 96.4 Å². The lowest BCUT2D eigenvalue weighted by atomic mass is 10.1. The van der Waals surface area contributed by atoms with E-state index in [1.54, 1.807) is 6.21 Å². The number of aromatic nitrogens is 3. The molecule has 0 aliphatic carbocycles. The molecule has 4 aromatic carbocycles. The van der Waals surface area contributed by atoms with Gasteiger partial charge in [0.05, 0.1) is 12.0 Å². The number of carbonyl (C=O) groups is 1. The van der Waals surface area contributed by atoms with Crippen molar-refractivity contribution in [3.05, 3.63) is 108 Å². The Bertz CT molecular complexity index is 1490. The molecule has 1 amide bonds. The molecule has 172 valence electrons. The summed E-state index contributed by atoms with van der Waals surface area (Å²) in [6.45, 7) is 2.05. The van der Waals surface area contributed by atoms with E-state index in [0.717, 1.165) is 33.4 Å².